The second kappa shape index (κ2) is 7.00. The number of methoxy groups -OCH3 is 1. The molecule has 0 amide bonds. The number of anilines is 1. The summed E-state index contributed by atoms with van der Waals surface area (Å²) < 4.78 is 52.1. The average Bonchev–Trinajstić information content (AvgIpc) is 3.16. The molecule has 0 N–H and O–H groups in total. The molecule has 5 nitrogen and oxygen atoms in total. The number of ether oxygens (including phenoxy) is 2. The van der Waals surface area contributed by atoms with E-state index in [2.05, 4.69) is 9.72 Å². The normalized spacial score (nSPS) is 13.8. The molecule has 2 heterocycles. The highest BCUT2D eigenvalue weighted by Gasteiger charge is 2.27. The molecule has 0 saturated carbocycles. The van der Waals surface area contributed by atoms with Crippen LogP contribution in [0.15, 0.2) is 24.3 Å². The second-order valence-electron chi connectivity index (χ2n) is 5.50. The van der Waals surface area contributed by atoms with Crippen LogP contribution in [0.2, 0.25) is 0 Å². The Morgan fingerprint density at radius 3 is 2.32 bits per heavy atom. The van der Waals surface area contributed by atoms with Crippen molar-refractivity contribution in [2.24, 2.45) is 0 Å². The number of rotatable bonds is 4. The fourth-order valence-electron chi connectivity index (χ4n) is 2.61. The molecule has 1 aromatic carbocycles. The van der Waals surface area contributed by atoms with Crippen LogP contribution in [0.4, 0.5) is 19.0 Å². The van der Waals surface area contributed by atoms with Gasteiger partial charge in [-0.1, -0.05) is 0 Å². The fourth-order valence-corrected chi connectivity index (χ4v) is 2.61. The second-order valence-corrected chi connectivity index (χ2v) is 5.50. The number of esters is 1. The van der Waals surface area contributed by atoms with E-state index in [-0.39, 0.29) is 17.1 Å². The fraction of sp³-hybridized carbons (Fsp3) is 0.294. The van der Waals surface area contributed by atoms with Crippen molar-refractivity contribution in [2.75, 3.05) is 25.1 Å². The van der Waals surface area contributed by atoms with E-state index in [1.807, 2.05) is 0 Å². The molecule has 25 heavy (non-hydrogen) atoms. The number of hydrogen-bond acceptors (Lipinski definition) is 5. The zero-order valence-electron chi connectivity index (χ0n) is 13.4. The molecule has 0 atom stereocenters. The Morgan fingerprint density at radius 2 is 1.72 bits per heavy atom. The summed E-state index contributed by atoms with van der Waals surface area (Å²) in [6.07, 6.45) is 1.65. The smallest absolute Gasteiger partial charge is 0.337 e. The molecule has 1 aliphatic rings. The average molecular weight is 352 g/mol. The number of benzene rings is 1. The van der Waals surface area contributed by atoms with Crippen molar-refractivity contribution >= 4 is 11.8 Å². The number of nitrogens with zero attached hydrogens (tertiary/aromatic N) is 2. The molecule has 1 saturated heterocycles. The largest absolute Gasteiger partial charge is 0.465 e. The number of pyridine rings is 1. The summed E-state index contributed by atoms with van der Waals surface area (Å²) in [6.45, 7) is 1.03. The van der Waals surface area contributed by atoms with Crippen LogP contribution in [-0.2, 0) is 4.74 Å². The maximum absolute atomic E-state index is 14.6. The van der Waals surface area contributed by atoms with Crippen molar-refractivity contribution < 1.29 is 27.4 Å². The van der Waals surface area contributed by atoms with Crippen LogP contribution in [-0.4, -0.2) is 31.2 Å². The highest BCUT2D eigenvalue weighted by atomic mass is 19.2. The summed E-state index contributed by atoms with van der Waals surface area (Å²) in [6, 6.07) is 5.41. The Morgan fingerprint density at radius 1 is 1.08 bits per heavy atom. The van der Waals surface area contributed by atoms with Crippen molar-refractivity contribution in [3.05, 3.63) is 47.4 Å². The lowest BCUT2D eigenvalue weighted by Gasteiger charge is -2.19. The molecule has 1 aromatic heterocycles. The highest BCUT2D eigenvalue weighted by molar-refractivity contribution is 5.89. The maximum atomic E-state index is 14.6. The summed E-state index contributed by atoms with van der Waals surface area (Å²) >= 11 is 0. The quantitative estimate of drug-likeness (QED) is 0.621. The number of carbonyl (C=O) groups is 1. The van der Waals surface area contributed by atoms with E-state index in [1.165, 1.54) is 31.4 Å². The molecule has 3 rings (SSSR count). The van der Waals surface area contributed by atoms with E-state index in [1.54, 1.807) is 4.90 Å². The molecule has 0 radical (unpaired) electrons. The monoisotopic (exact) mass is 352 g/mol. The summed E-state index contributed by atoms with van der Waals surface area (Å²) in [7, 11) is 1.23. The van der Waals surface area contributed by atoms with Gasteiger partial charge in [0.25, 0.3) is 5.95 Å². The number of aromatic nitrogens is 1. The summed E-state index contributed by atoms with van der Waals surface area (Å²) in [4.78, 5) is 16.3. The first-order valence-corrected chi connectivity index (χ1v) is 7.67. The van der Waals surface area contributed by atoms with Crippen LogP contribution in [0, 0.1) is 17.6 Å². The predicted molar refractivity (Wildman–Crippen MR) is 83.4 cm³/mol. The molecular weight excluding hydrogens is 337 g/mol. The van der Waals surface area contributed by atoms with Crippen LogP contribution in [0.3, 0.4) is 0 Å². The van der Waals surface area contributed by atoms with Crippen LogP contribution >= 0.6 is 0 Å². The summed E-state index contributed by atoms with van der Waals surface area (Å²) in [5.74, 6) is -5.63. The van der Waals surface area contributed by atoms with Gasteiger partial charge in [-0.05, 0) is 37.1 Å². The number of hydrogen-bond donors (Lipinski definition) is 0. The van der Waals surface area contributed by atoms with Gasteiger partial charge in [0.1, 0.15) is 5.75 Å². The third kappa shape index (κ3) is 3.38. The minimum absolute atomic E-state index is 0.0448. The van der Waals surface area contributed by atoms with Crippen LogP contribution in [0.5, 0.6) is 11.5 Å². The summed E-state index contributed by atoms with van der Waals surface area (Å²) in [5.41, 5.74) is 0.245. The first-order chi connectivity index (χ1) is 12.0. The molecule has 0 unspecified atom stereocenters. The lowest BCUT2D eigenvalue weighted by Crippen LogP contribution is -2.21. The van der Waals surface area contributed by atoms with Gasteiger partial charge in [0.2, 0.25) is 17.4 Å². The third-order valence-corrected chi connectivity index (χ3v) is 3.88. The van der Waals surface area contributed by atoms with Crippen molar-refractivity contribution in [1.82, 2.24) is 4.98 Å². The van der Waals surface area contributed by atoms with E-state index < -0.39 is 29.3 Å². The van der Waals surface area contributed by atoms with E-state index >= 15 is 0 Å². The van der Waals surface area contributed by atoms with Crippen molar-refractivity contribution in [2.45, 2.75) is 12.8 Å². The van der Waals surface area contributed by atoms with Gasteiger partial charge in [-0.3, -0.25) is 0 Å². The minimum Gasteiger partial charge on any atom is -0.465 e. The van der Waals surface area contributed by atoms with Gasteiger partial charge in [-0.25, -0.2) is 4.79 Å². The molecule has 2 aromatic rings. The zero-order chi connectivity index (χ0) is 18.0. The summed E-state index contributed by atoms with van der Waals surface area (Å²) in [5, 5.41) is 0. The topological polar surface area (TPSA) is 51.7 Å². The Labute approximate surface area is 142 Å². The molecular formula is C17H15F3N2O3. The van der Waals surface area contributed by atoms with E-state index in [4.69, 9.17) is 4.74 Å². The first kappa shape index (κ1) is 17.1. The van der Waals surface area contributed by atoms with Crippen LogP contribution < -0.4 is 9.64 Å². The Bertz CT molecular complexity index is 791. The number of halogens is 3. The van der Waals surface area contributed by atoms with Gasteiger partial charge >= 0.3 is 5.97 Å². The molecule has 1 aliphatic heterocycles. The van der Waals surface area contributed by atoms with Gasteiger partial charge in [0.15, 0.2) is 5.82 Å². The first-order valence-electron chi connectivity index (χ1n) is 7.67. The van der Waals surface area contributed by atoms with E-state index in [0.717, 1.165) is 12.8 Å². The Hall–Kier alpha value is -2.77. The van der Waals surface area contributed by atoms with Crippen molar-refractivity contribution in [3.63, 3.8) is 0 Å². The molecule has 8 heteroatoms. The third-order valence-electron chi connectivity index (χ3n) is 3.88. The van der Waals surface area contributed by atoms with Gasteiger partial charge < -0.3 is 14.4 Å². The van der Waals surface area contributed by atoms with Crippen molar-refractivity contribution in [3.8, 4) is 11.5 Å². The Kier molecular flexibility index (Phi) is 4.78. The SMILES string of the molecule is COC(=O)c1ccc(Oc2c(F)c(F)nc(N3CCCC3)c2F)cc1. The molecule has 0 aliphatic carbocycles. The standard InChI is InChI=1S/C17H15F3N2O3/c1-24-17(23)10-4-6-11(7-5-10)25-14-12(18)15(20)21-16(13(14)19)22-8-2-3-9-22/h4-7H,2-3,8-9H2,1H3. The van der Waals surface area contributed by atoms with Crippen molar-refractivity contribution in [1.29, 1.82) is 0 Å². The van der Waals surface area contributed by atoms with Gasteiger partial charge in [0, 0.05) is 13.1 Å². The molecule has 1 fully saturated rings. The van der Waals surface area contributed by atoms with Crippen LogP contribution in [0.1, 0.15) is 23.2 Å². The van der Waals surface area contributed by atoms with Gasteiger partial charge in [-0.2, -0.15) is 18.2 Å². The van der Waals surface area contributed by atoms with E-state index in [0.29, 0.717) is 13.1 Å². The van der Waals surface area contributed by atoms with E-state index in [9.17, 15) is 18.0 Å². The lowest BCUT2D eigenvalue weighted by atomic mass is 10.2. The molecule has 0 spiro atoms. The number of carbonyl (C=O) groups excluding carboxylic acids is 1. The zero-order valence-corrected chi connectivity index (χ0v) is 13.4. The molecule has 0 bridgehead atoms. The predicted octanol–water partition coefficient (Wildman–Crippen LogP) is 3.68. The van der Waals surface area contributed by atoms with Gasteiger partial charge in [-0.15, -0.1) is 0 Å². The van der Waals surface area contributed by atoms with Crippen LogP contribution in [0.25, 0.3) is 0 Å². The minimum atomic E-state index is -1.50. The highest BCUT2D eigenvalue weighted by Crippen LogP contribution is 2.34. The molecule has 132 valence electrons. The lowest BCUT2D eigenvalue weighted by molar-refractivity contribution is 0.0600. The Balaban J connectivity index is 1.92. The maximum Gasteiger partial charge on any atom is 0.337 e. The van der Waals surface area contributed by atoms with Gasteiger partial charge in [0.05, 0.1) is 12.7 Å².